The van der Waals surface area contributed by atoms with Crippen LogP contribution in [0.15, 0.2) is 22.7 Å². The summed E-state index contributed by atoms with van der Waals surface area (Å²) in [4.78, 5) is 0. The molecule has 0 saturated heterocycles. The van der Waals surface area contributed by atoms with E-state index in [-0.39, 0.29) is 6.04 Å². The van der Waals surface area contributed by atoms with Gasteiger partial charge in [0, 0.05) is 15.5 Å². The first-order valence-corrected chi connectivity index (χ1v) is 8.28. The van der Waals surface area contributed by atoms with Crippen molar-refractivity contribution in [3.63, 3.8) is 0 Å². The van der Waals surface area contributed by atoms with E-state index in [2.05, 4.69) is 55.1 Å². The van der Waals surface area contributed by atoms with Gasteiger partial charge in [-0.3, -0.25) is 11.3 Å². The summed E-state index contributed by atoms with van der Waals surface area (Å²) >= 11 is 9.70. The van der Waals surface area contributed by atoms with Gasteiger partial charge >= 0.3 is 0 Å². The molecular formula is C16H26BrClN2. The molecule has 0 fully saturated rings. The highest BCUT2D eigenvalue weighted by molar-refractivity contribution is 9.10. The molecule has 0 bridgehead atoms. The molecule has 0 saturated carbocycles. The maximum absolute atomic E-state index is 6.27. The molecular weight excluding hydrogens is 336 g/mol. The Morgan fingerprint density at radius 3 is 2.50 bits per heavy atom. The average Bonchev–Trinajstić information content (AvgIpc) is 2.29. The van der Waals surface area contributed by atoms with Crippen LogP contribution in [0.1, 0.15) is 46.1 Å². The second-order valence-corrected chi connectivity index (χ2v) is 8.23. The third-order valence-electron chi connectivity index (χ3n) is 3.36. The maximum atomic E-state index is 6.27. The van der Waals surface area contributed by atoms with E-state index in [1.54, 1.807) is 0 Å². The van der Waals surface area contributed by atoms with Gasteiger partial charge in [0.05, 0.1) is 0 Å². The summed E-state index contributed by atoms with van der Waals surface area (Å²) in [5, 5.41) is 0.795. The molecule has 0 aromatic heterocycles. The van der Waals surface area contributed by atoms with Crippen molar-refractivity contribution in [2.45, 2.75) is 53.0 Å². The number of halogens is 2. The van der Waals surface area contributed by atoms with Gasteiger partial charge in [0.2, 0.25) is 0 Å². The van der Waals surface area contributed by atoms with Crippen LogP contribution < -0.4 is 11.3 Å². The fourth-order valence-electron chi connectivity index (χ4n) is 2.78. The Bertz CT molecular complexity index is 429. The lowest BCUT2D eigenvalue weighted by atomic mass is 9.82. The van der Waals surface area contributed by atoms with Gasteiger partial charge in [-0.2, -0.15) is 0 Å². The first-order chi connectivity index (χ1) is 9.21. The molecule has 0 radical (unpaired) electrons. The van der Waals surface area contributed by atoms with Gasteiger partial charge in [-0.05, 0) is 48.3 Å². The van der Waals surface area contributed by atoms with Crippen LogP contribution in [0.2, 0.25) is 5.02 Å². The van der Waals surface area contributed by atoms with E-state index in [1.165, 1.54) is 6.42 Å². The summed E-state index contributed by atoms with van der Waals surface area (Å²) in [6.07, 6.45) is 3.11. The van der Waals surface area contributed by atoms with Crippen LogP contribution in [0, 0.1) is 11.3 Å². The van der Waals surface area contributed by atoms with Gasteiger partial charge in [0.25, 0.3) is 0 Å². The lowest BCUT2D eigenvalue weighted by Crippen LogP contribution is -2.38. The Hall–Kier alpha value is -0.0900. The second-order valence-electron chi connectivity index (χ2n) is 6.91. The van der Waals surface area contributed by atoms with Crippen molar-refractivity contribution in [3.8, 4) is 0 Å². The number of hydrogen-bond acceptors (Lipinski definition) is 2. The van der Waals surface area contributed by atoms with Crippen molar-refractivity contribution in [2.75, 3.05) is 0 Å². The van der Waals surface area contributed by atoms with Crippen LogP contribution in [-0.2, 0) is 6.42 Å². The summed E-state index contributed by atoms with van der Waals surface area (Å²) in [5.74, 6) is 6.34. The Morgan fingerprint density at radius 2 is 2.00 bits per heavy atom. The molecule has 2 unspecified atom stereocenters. The third kappa shape index (κ3) is 6.57. The van der Waals surface area contributed by atoms with Crippen LogP contribution in [-0.4, -0.2) is 6.04 Å². The number of benzene rings is 1. The highest BCUT2D eigenvalue weighted by Gasteiger charge is 2.19. The van der Waals surface area contributed by atoms with Gasteiger partial charge in [-0.25, -0.2) is 0 Å². The number of nitrogens with two attached hydrogens (primary N) is 1. The molecule has 0 aliphatic heterocycles. The molecule has 0 aliphatic rings. The van der Waals surface area contributed by atoms with E-state index in [9.17, 15) is 0 Å². The zero-order valence-electron chi connectivity index (χ0n) is 12.8. The van der Waals surface area contributed by atoms with E-state index in [4.69, 9.17) is 17.4 Å². The summed E-state index contributed by atoms with van der Waals surface area (Å²) in [6, 6.07) is 6.27. The maximum Gasteiger partial charge on any atom is 0.0449 e. The first kappa shape index (κ1) is 18.0. The largest absolute Gasteiger partial charge is 0.271 e. The zero-order chi connectivity index (χ0) is 15.3. The van der Waals surface area contributed by atoms with Crippen molar-refractivity contribution in [1.82, 2.24) is 5.43 Å². The molecule has 4 heteroatoms. The van der Waals surface area contributed by atoms with E-state index < -0.39 is 0 Å². The normalized spacial score (nSPS) is 15.2. The molecule has 114 valence electrons. The molecule has 2 nitrogen and oxygen atoms in total. The predicted molar refractivity (Wildman–Crippen MR) is 91.8 cm³/mol. The quantitative estimate of drug-likeness (QED) is 0.556. The summed E-state index contributed by atoms with van der Waals surface area (Å²) < 4.78 is 1.00. The molecule has 0 amide bonds. The molecule has 1 aromatic rings. The molecule has 2 atom stereocenters. The van der Waals surface area contributed by atoms with Gasteiger partial charge in [0.15, 0.2) is 0 Å². The molecule has 1 rings (SSSR count). The van der Waals surface area contributed by atoms with Crippen LogP contribution in [0.4, 0.5) is 0 Å². The van der Waals surface area contributed by atoms with Crippen molar-refractivity contribution < 1.29 is 0 Å². The molecule has 20 heavy (non-hydrogen) atoms. The van der Waals surface area contributed by atoms with E-state index in [0.717, 1.165) is 27.9 Å². The molecule has 0 aliphatic carbocycles. The summed E-state index contributed by atoms with van der Waals surface area (Å²) in [6.45, 7) is 9.12. The van der Waals surface area contributed by atoms with Crippen molar-refractivity contribution >= 4 is 27.5 Å². The Labute approximate surface area is 136 Å². The topological polar surface area (TPSA) is 38.0 Å². The van der Waals surface area contributed by atoms with Gasteiger partial charge in [-0.15, -0.1) is 0 Å². The summed E-state index contributed by atoms with van der Waals surface area (Å²) in [5.41, 5.74) is 4.43. The number of rotatable bonds is 6. The van der Waals surface area contributed by atoms with Gasteiger partial charge in [-0.1, -0.05) is 61.3 Å². The molecule has 0 spiro atoms. The highest BCUT2D eigenvalue weighted by atomic mass is 79.9. The predicted octanol–water partition coefficient (Wildman–Crippen LogP) is 4.94. The lowest BCUT2D eigenvalue weighted by molar-refractivity contribution is 0.274. The zero-order valence-corrected chi connectivity index (χ0v) is 15.2. The van der Waals surface area contributed by atoms with Crippen molar-refractivity contribution in [2.24, 2.45) is 17.2 Å². The standard InChI is InChI=1S/C16H26BrClN2/c1-11(10-16(2,3)4)7-14(20-19)8-12-5-6-13(17)9-15(12)18/h5-6,9,11,14,20H,7-8,10,19H2,1-4H3. The Morgan fingerprint density at radius 1 is 1.35 bits per heavy atom. The third-order valence-corrected chi connectivity index (χ3v) is 4.21. The van der Waals surface area contributed by atoms with E-state index >= 15 is 0 Å². The van der Waals surface area contributed by atoms with E-state index in [1.807, 2.05) is 12.1 Å². The molecule has 3 N–H and O–H groups in total. The average molecular weight is 362 g/mol. The second kappa shape index (κ2) is 7.79. The fraction of sp³-hybridized carbons (Fsp3) is 0.625. The number of hydrogen-bond donors (Lipinski definition) is 2. The van der Waals surface area contributed by atoms with Crippen molar-refractivity contribution in [1.29, 1.82) is 0 Å². The SMILES string of the molecule is CC(CC(Cc1ccc(Br)cc1Cl)NN)CC(C)(C)C. The lowest BCUT2D eigenvalue weighted by Gasteiger charge is -2.26. The molecule has 1 aromatic carbocycles. The molecule has 0 heterocycles. The summed E-state index contributed by atoms with van der Waals surface area (Å²) in [7, 11) is 0. The Balaban J connectivity index is 2.63. The highest BCUT2D eigenvalue weighted by Crippen LogP contribution is 2.28. The van der Waals surface area contributed by atoms with Crippen LogP contribution in [0.25, 0.3) is 0 Å². The minimum atomic E-state index is 0.256. The van der Waals surface area contributed by atoms with E-state index in [0.29, 0.717) is 11.3 Å². The smallest absolute Gasteiger partial charge is 0.0449 e. The minimum absolute atomic E-state index is 0.256. The van der Waals surface area contributed by atoms with Crippen LogP contribution in [0.3, 0.4) is 0 Å². The van der Waals surface area contributed by atoms with Crippen molar-refractivity contribution in [3.05, 3.63) is 33.3 Å². The Kier molecular flexibility index (Phi) is 6.99. The van der Waals surface area contributed by atoms with Gasteiger partial charge in [0.1, 0.15) is 0 Å². The van der Waals surface area contributed by atoms with Crippen LogP contribution >= 0.6 is 27.5 Å². The minimum Gasteiger partial charge on any atom is -0.271 e. The number of nitrogens with one attached hydrogen (secondary N) is 1. The van der Waals surface area contributed by atoms with Crippen LogP contribution in [0.5, 0.6) is 0 Å². The fourth-order valence-corrected chi connectivity index (χ4v) is 3.53. The monoisotopic (exact) mass is 360 g/mol. The number of hydrazine groups is 1. The first-order valence-electron chi connectivity index (χ1n) is 7.11. The van der Waals surface area contributed by atoms with Gasteiger partial charge < -0.3 is 0 Å².